The molecular weight excluding hydrogens is 461 g/mol. The van der Waals surface area contributed by atoms with Crippen LogP contribution in [0.5, 0.6) is 5.75 Å². The van der Waals surface area contributed by atoms with Gasteiger partial charge in [-0.15, -0.1) is 0 Å². The van der Waals surface area contributed by atoms with Crippen molar-refractivity contribution in [2.45, 2.75) is 45.0 Å². The third kappa shape index (κ3) is 5.23. The minimum Gasteiger partial charge on any atom is -0.491 e. The highest BCUT2D eigenvalue weighted by Gasteiger charge is 2.28. The number of hydrogen-bond acceptors (Lipinski definition) is 8. The maximum absolute atomic E-state index is 14.0. The van der Waals surface area contributed by atoms with E-state index in [9.17, 15) is 9.50 Å². The van der Waals surface area contributed by atoms with E-state index in [-0.39, 0.29) is 6.54 Å². The van der Waals surface area contributed by atoms with Gasteiger partial charge in [-0.05, 0) is 41.5 Å². The molecule has 0 amide bonds. The molecule has 0 radical (unpaired) electrons. The van der Waals surface area contributed by atoms with E-state index in [1.807, 2.05) is 29.1 Å². The van der Waals surface area contributed by atoms with Crippen LogP contribution in [-0.2, 0) is 6.54 Å². The number of aliphatic hydroxyl groups excluding tert-OH is 1. The number of halogens is 1. The number of nitrogens with one attached hydrogen (secondary N) is 1. The molecule has 0 spiro atoms. The highest BCUT2D eigenvalue weighted by molar-refractivity contribution is 5.92. The van der Waals surface area contributed by atoms with Crippen LogP contribution in [0.4, 0.5) is 22.0 Å². The molecule has 3 aromatic heterocycles. The summed E-state index contributed by atoms with van der Waals surface area (Å²) in [6.45, 7) is 6.11. The van der Waals surface area contributed by atoms with E-state index in [1.54, 1.807) is 29.7 Å². The zero-order chi connectivity index (χ0) is 25.1. The highest BCUT2D eigenvalue weighted by Crippen LogP contribution is 2.34. The Morgan fingerprint density at radius 2 is 2.06 bits per heavy atom. The van der Waals surface area contributed by atoms with Crippen molar-refractivity contribution in [1.29, 1.82) is 0 Å². The van der Waals surface area contributed by atoms with Gasteiger partial charge in [0.25, 0.3) is 0 Å². The number of aromatic nitrogens is 5. The lowest BCUT2D eigenvalue weighted by atomic mass is 9.96. The number of ether oxygens (including phenoxy) is 1. The van der Waals surface area contributed by atoms with E-state index in [1.165, 1.54) is 5.56 Å². The Balaban J connectivity index is 1.37. The number of fused-ring (bicyclic) bond motifs is 1. The van der Waals surface area contributed by atoms with E-state index in [0.29, 0.717) is 49.6 Å². The Hall–Kier alpha value is -3.79. The molecule has 2 unspecified atom stereocenters. The van der Waals surface area contributed by atoms with Crippen LogP contribution in [0.25, 0.3) is 10.8 Å². The van der Waals surface area contributed by atoms with Crippen LogP contribution in [0.2, 0.25) is 0 Å². The van der Waals surface area contributed by atoms with Crippen LogP contribution in [-0.4, -0.2) is 61.6 Å². The number of aliphatic hydroxyl groups is 1. The van der Waals surface area contributed by atoms with Gasteiger partial charge in [0.05, 0.1) is 25.5 Å². The molecule has 10 heteroatoms. The first kappa shape index (κ1) is 23.9. The number of imidazole rings is 1. The van der Waals surface area contributed by atoms with Crippen molar-refractivity contribution in [1.82, 2.24) is 24.5 Å². The van der Waals surface area contributed by atoms with Gasteiger partial charge in [-0.25, -0.2) is 19.3 Å². The van der Waals surface area contributed by atoms with E-state index in [4.69, 9.17) is 4.74 Å². The molecule has 1 aromatic carbocycles. The van der Waals surface area contributed by atoms with E-state index < -0.39 is 12.3 Å². The minimum atomic E-state index is -1.31. The van der Waals surface area contributed by atoms with Gasteiger partial charge in [-0.2, -0.15) is 4.98 Å². The van der Waals surface area contributed by atoms with Crippen LogP contribution < -0.4 is 15.0 Å². The highest BCUT2D eigenvalue weighted by atomic mass is 19.1. The summed E-state index contributed by atoms with van der Waals surface area (Å²) in [7, 11) is 0. The van der Waals surface area contributed by atoms with Gasteiger partial charge >= 0.3 is 0 Å². The summed E-state index contributed by atoms with van der Waals surface area (Å²) in [4.78, 5) is 19.3. The number of piperidine rings is 1. The summed E-state index contributed by atoms with van der Waals surface area (Å²) in [5.41, 5.74) is 1.20. The zero-order valence-corrected chi connectivity index (χ0v) is 20.4. The number of hydrogen-bond donors (Lipinski definition) is 2. The number of anilines is 3. The van der Waals surface area contributed by atoms with Crippen molar-refractivity contribution >= 4 is 28.4 Å². The third-order valence-corrected chi connectivity index (χ3v) is 6.37. The molecule has 1 fully saturated rings. The summed E-state index contributed by atoms with van der Waals surface area (Å²) in [5, 5.41) is 14.9. The topological polar surface area (TPSA) is 101 Å². The van der Waals surface area contributed by atoms with Crippen molar-refractivity contribution in [3.63, 3.8) is 0 Å². The number of rotatable bonds is 8. The second-order valence-corrected chi connectivity index (χ2v) is 9.26. The van der Waals surface area contributed by atoms with Crippen molar-refractivity contribution in [2.24, 2.45) is 0 Å². The predicted molar refractivity (Wildman–Crippen MR) is 137 cm³/mol. The first-order chi connectivity index (χ1) is 17.5. The molecule has 188 valence electrons. The Morgan fingerprint density at radius 3 is 2.83 bits per heavy atom. The average Bonchev–Trinajstić information content (AvgIpc) is 3.39. The molecule has 5 rings (SSSR count). The monoisotopic (exact) mass is 491 g/mol. The van der Waals surface area contributed by atoms with E-state index >= 15 is 0 Å². The Labute approximate surface area is 209 Å². The van der Waals surface area contributed by atoms with Crippen LogP contribution in [0.15, 0.2) is 55.4 Å². The van der Waals surface area contributed by atoms with Gasteiger partial charge in [0.15, 0.2) is 0 Å². The standard InChI is InChI=1S/C26H30FN7O2/c1-17(2)18-3-4-23(36-12-11-33-10-8-28-16-33)20-14-30-25(13-19(18)20)31-24-5-7-29-26(32-24)34-9-6-22(35)21(27)15-34/h3-5,7-8,10,13-14,16-17,21-22,35H,6,9,11-12,15H2,1-2H3,(H,29,30,31,32). The SMILES string of the molecule is CC(C)c1ccc(OCCn2ccnc2)c2cnc(Nc3ccnc(N4CCC(O)C(F)C4)n3)cc12. The molecule has 0 saturated carbocycles. The van der Waals surface area contributed by atoms with Gasteiger partial charge in [0.2, 0.25) is 5.95 Å². The lowest BCUT2D eigenvalue weighted by Crippen LogP contribution is -2.45. The van der Waals surface area contributed by atoms with Gasteiger partial charge in [-0.1, -0.05) is 19.9 Å². The van der Waals surface area contributed by atoms with Gasteiger partial charge < -0.3 is 24.6 Å². The number of alkyl halides is 1. The molecule has 1 aliphatic rings. The summed E-state index contributed by atoms with van der Waals surface area (Å²) in [6, 6.07) is 7.86. The fourth-order valence-corrected chi connectivity index (χ4v) is 4.39. The second-order valence-electron chi connectivity index (χ2n) is 9.26. The summed E-state index contributed by atoms with van der Waals surface area (Å²) in [5.74, 6) is 2.73. The van der Waals surface area contributed by atoms with Crippen molar-refractivity contribution in [2.75, 3.05) is 29.9 Å². The molecule has 4 aromatic rings. The first-order valence-electron chi connectivity index (χ1n) is 12.2. The third-order valence-electron chi connectivity index (χ3n) is 6.37. The molecule has 4 heterocycles. The normalized spacial score (nSPS) is 18.1. The molecule has 9 nitrogen and oxygen atoms in total. The van der Waals surface area contributed by atoms with Gasteiger partial charge in [0.1, 0.15) is 30.2 Å². The van der Waals surface area contributed by atoms with Crippen molar-refractivity contribution in [3.8, 4) is 5.75 Å². The molecule has 2 atom stereocenters. The second kappa shape index (κ2) is 10.4. The number of pyridine rings is 1. The van der Waals surface area contributed by atoms with Crippen molar-refractivity contribution < 1.29 is 14.2 Å². The summed E-state index contributed by atoms with van der Waals surface area (Å²) in [6.07, 6.45) is 6.98. The maximum atomic E-state index is 14.0. The fourth-order valence-electron chi connectivity index (χ4n) is 4.39. The minimum absolute atomic E-state index is 0.0697. The zero-order valence-electron chi connectivity index (χ0n) is 20.4. The quantitative estimate of drug-likeness (QED) is 0.380. The number of nitrogens with zero attached hydrogens (tertiary/aromatic N) is 6. The summed E-state index contributed by atoms with van der Waals surface area (Å²) >= 11 is 0. The van der Waals surface area contributed by atoms with Gasteiger partial charge in [0, 0.05) is 36.7 Å². The molecule has 1 aliphatic heterocycles. The van der Waals surface area contributed by atoms with Crippen molar-refractivity contribution in [3.05, 3.63) is 60.9 Å². The molecule has 2 N–H and O–H groups in total. The molecule has 0 bridgehead atoms. The molecule has 1 saturated heterocycles. The van der Waals surface area contributed by atoms with Crippen LogP contribution in [0.3, 0.4) is 0 Å². The Kier molecular flexibility index (Phi) is 6.95. The van der Waals surface area contributed by atoms with Crippen LogP contribution in [0.1, 0.15) is 31.7 Å². The predicted octanol–water partition coefficient (Wildman–Crippen LogP) is 4.08. The largest absolute Gasteiger partial charge is 0.491 e. The molecule has 0 aliphatic carbocycles. The van der Waals surface area contributed by atoms with Gasteiger partial charge in [-0.3, -0.25) is 0 Å². The molecule has 36 heavy (non-hydrogen) atoms. The lowest BCUT2D eigenvalue weighted by molar-refractivity contribution is 0.0612. The Morgan fingerprint density at radius 1 is 1.17 bits per heavy atom. The average molecular weight is 492 g/mol. The molecular formula is C26H30FN7O2. The van der Waals surface area contributed by atoms with E-state index in [2.05, 4.69) is 45.2 Å². The first-order valence-corrected chi connectivity index (χ1v) is 12.2. The van der Waals surface area contributed by atoms with E-state index in [0.717, 1.165) is 16.5 Å². The smallest absolute Gasteiger partial charge is 0.227 e. The lowest BCUT2D eigenvalue weighted by Gasteiger charge is -2.32. The van der Waals surface area contributed by atoms with Crippen LogP contribution >= 0.6 is 0 Å². The fraction of sp³-hybridized carbons (Fsp3) is 0.385. The van der Waals surface area contributed by atoms with Crippen LogP contribution in [0, 0.1) is 0 Å². The Bertz CT molecular complexity index is 1320. The number of benzene rings is 1. The summed E-state index contributed by atoms with van der Waals surface area (Å²) < 4.78 is 22.1. The maximum Gasteiger partial charge on any atom is 0.227 e.